The summed E-state index contributed by atoms with van der Waals surface area (Å²) in [6, 6.07) is 17.9. The van der Waals surface area contributed by atoms with Gasteiger partial charge in [-0.1, -0.05) is 36.4 Å². The van der Waals surface area contributed by atoms with Gasteiger partial charge in [-0.15, -0.1) is 0 Å². The van der Waals surface area contributed by atoms with E-state index in [1.807, 2.05) is 18.2 Å². The van der Waals surface area contributed by atoms with Crippen molar-refractivity contribution >= 4 is 12.0 Å². The minimum absolute atomic E-state index is 0.212. The minimum Gasteiger partial charge on any atom is -0.457 e. The third-order valence-electron chi connectivity index (χ3n) is 4.28. The SMILES string of the molecule is C[NH+](C)Cc1ccccc1CNC(=O)/C=C/c1ccc(-c2ccccc2F)o1. The van der Waals surface area contributed by atoms with Crippen LogP contribution in [-0.2, 0) is 17.9 Å². The van der Waals surface area contributed by atoms with Gasteiger partial charge >= 0.3 is 0 Å². The van der Waals surface area contributed by atoms with E-state index in [0.717, 1.165) is 12.1 Å². The Morgan fingerprint density at radius 3 is 2.50 bits per heavy atom. The summed E-state index contributed by atoms with van der Waals surface area (Å²) in [5.74, 6) is 0.363. The van der Waals surface area contributed by atoms with E-state index < -0.39 is 0 Å². The van der Waals surface area contributed by atoms with E-state index in [-0.39, 0.29) is 11.7 Å². The van der Waals surface area contributed by atoms with Crippen molar-refractivity contribution < 1.29 is 18.5 Å². The molecule has 144 valence electrons. The molecule has 28 heavy (non-hydrogen) atoms. The van der Waals surface area contributed by atoms with Gasteiger partial charge < -0.3 is 14.6 Å². The van der Waals surface area contributed by atoms with Crippen LogP contribution < -0.4 is 10.2 Å². The van der Waals surface area contributed by atoms with Crippen molar-refractivity contribution in [1.82, 2.24) is 5.32 Å². The van der Waals surface area contributed by atoms with E-state index in [0.29, 0.717) is 23.6 Å². The fourth-order valence-corrected chi connectivity index (χ4v) is 2.93. The Balaban J connectivity index is 1.60. The number of quaternary nitrogens is 1. The number of hydrogen-bond donors (Lipinski definition) is 2. The average Bonchev–Trinajstić information content (AvgIpc) is 3.14. The topological polar surface area (TPSA) is 46.7 Å². The van der Waals surface area contributed by atoms with Crippen molar-refractivity contribution in [2.24, 2.45) is 0 Å². The predicted molar refractivity (Wildman–Crippen MR) is 108 cm³/mol. The summed E-state index contributed by atoms with van der Waals surface area (Å²) in [5, 5.41) is 2.89. The van der Waals surface area contributed by atoms with Gasteiger partial charge in [0.2, 0.25) is 5.91 Å². The van der Waals surface area contributed by atoms with Crippen LogP contribution in [0.3, 0.4) is 0 Å². The highest BCUT2D eigenvalue weighted by Crippen LogP contribution is 2.25. The lowest BCUT2D eigenvalue weighted by Gasteiger charge is -2.12. The molecule has 0 aliphatic heterocycles. The average molecular weight is 379 g/mol. The molecule has 0 saturated heterocycles. The first-order valence-corrected chi connectivity index (χ1v) is 9.19. The molecule has 0 spiro atoms. The maximum atomic E-state index is 13.8. The first-order valence-electron chi connectivity index (χ1n) is 9.19. The lowest BCUT2D eigenvalue weighted by Crippen LogP contribution is -3.04. The molecule has 0 radical (unpaired) electrons. The van der Waals surface area contributed by atoms with Crippen molar-refractivity contribution in [3.8, 4) is 11.3 Å². The van der Waals surface area contributed by atoms with E-state index in [1.165, 1.54) is 22.6 Å². The summed E-state index contributed by atoms with van der Waals surface area (Å²) in [6.45, 7) is 1.36. The second-order valence-corrected chi connectivity index (χ2v) is 6.89. The third-order valence-corrected chi connectivity index (χ3v) is 4.28. The van der Waals surface area contributed by atoms with Crippen LogP contribution in [-0.4, -0.2) is 20.0 Å². The summed E-state index contributed by atoms with van der Waals surface area (Å²) in [6.07, 6.45) is 3.00. The molecule has 3 rings (SSSR count). The number of benzene rings is 2. The minimum atomic E-state index is -0.344. The largest absolute Gasteiger partial charge is 0.457 e. The molecule has 4 nitrogen and oxygen atoms in total. The number of hydrogen-bond acceptors (Lipinski definition) is 2. The van der Waals surface area contributed by atoms with E-state index >= 15 is 0 Å². The van der Waals surface area contributed by atoms with Crippen molar-refractivity contribution in [3.63, 3.8) is 0 Å². The number of carbonyl (C=O) groups is 1. The van der Waals surface area contributed by atoms with Gasteiger partial charge in [-0.05, 0) is 35.9 Å². The van der Waals surface area contributed by atoms with Crippen LogP contribution in [0.4, 0.5) is 4.39 Å². The Kier molecular flexibility index (Phi) is 6.40. The number of nitrogens with one attached hydrogen (secondary N) is 2. The Labute approximate surface area is 164 Å². The number of amides is 1. The summed E-state index contributed by atoms with van der Waals surface area (Å²) in [7, 11) is 4.19. The molecule has 1 aromatic heterocycles. The molecule has 0 bridgehead atoms. The highest BCUT2D eigenvalue weighted by molar-refractivity contribution is 5.91. The maximum absolute atomic E-state index is 13.8. The van der Waals surface area contributed by atoms with Crippen molar-refractivity contribution in [3.05, 3.63) is 89.4 Å². The number of carbonyl (C=O) groups excluding carboxylic acids is 1. The Bertz CT molecular complexity index is 976. The molecular formula is C23H24FN2O2+. The quantitative estimate of drug-likeness (QED) is 0.620. The molecule has 2 N–H and O–H groups in total. The Hall–Kier alpha value is -3.18. The molecular weight excluding hydrogens is 355 g/mol. The van der Waals surface area contributed by atoms with E-state index in [1.54, 1.807) is 36.4 Å². The second kappa shape index (κ2) is 9.15. The van der Waals surface area contributed by atoms with Crippen molar-refractivity contribution in [2.45, 2.75) is 13.1 Å². The summed E-state index contributed by atoms with van der Waals surface area (Å²) >= 11 is 0. The maximum Gasteiger partial charge on any atom is 0.244 e. The van der Waals surface area contributed by atoms with Gasteiger partial charge in [0, 0.05) is 18.2 Å². The smallest absolute Gasteiger partial charge is 0.244 e. The van der Waals surface area contributed by atoms with Crippen LogP contribution in [0.2, 0.25) is 0 Å². The first-order chi connectivity index (χ1) is 13.5. The second-order valence-electron chi connectivity index (χ2n) is 6.89. The van der Waals surface area contributed by atoms with Crippen LogP contribution in [0.1, 0.15) is 16.9 Å². The highest BCUT2D eigenvalue weighted by Gasteiger charge is 2.09. The Morgan fingerprint density at radius 1 is 1.04 bits per heavy atom. The predicted octanol–water partition coefficient (Wildman–Crippen LogP) is 3.06. The number of furan rings is 1. The van der Waals surface area contributed by atoms with Gasteiger partial charge in [-0.25, -0.2) is 4.39 Å². The fourth-order valence-electron chi connectivity index (χ4n) is 2.93. The van der Waals surface area contributed by atoms with Crippen molar-refractivity contribution in [2.75, 3.05) is 14.1 Å². The molecule has 0 saturated carbocycles. The molecule has 3 aromatic rings. The molecule has 1 amide bonds. The zero-order valence-electron chi connectivity index (χ0n) is 16.0. The fraction of sp³-hybridized carbons (Fsp3) is 0.174. The van der Waals surface area contributed by atoms with Crippen LogP contribution >= 0.6 is 0 Å². The normalized spacial score (nSPS) is 11.3. The summed E-state index contributed by atoms with van der Waals surface area (Å²) in [4.78, 5) is 13.5. The first kappa shape index (κ1) is 19.6. The van der Waals surface area contributed by atoms with Gasteiger partial charge in [0.1, 0.15) is 23.9 Å². The van der Waals surface area contributed by atoms with Gasteiger partial charge in [-0.2, -0.15) is 0 Å². The van der Waals surface area contributed by atoms with Crippen LogP contribution in [0.5, 0.6) is 0 Å². The van der Waals surface area contributed by atoms with E-state index in [9.17, 15) is 9.18 Å². The zero-order chi connectivity index (χ0) is 19.9. The molecule has 0 fully saturated rings. The lowest BCUT2D eigenvalue weighted by molar-refractivity contribution is -0.872. The number of halogens is 1. The van der Waals surface area contributed by atoms with Gasteiger partial charge in [0.05, 0.1) is 19.7 Å². The van der Waals surface area contributed by atoms with Crippen molar-refractivity contribution in [1.29, 1.82) is 0 Å². The third kappa shape index (κ3) is 5.18. The van der Waals surface area contributed by atoms with Gasteiger partial charge in [0.25, 0.3) is 0 Å². The highest BCUT2D eigenvalue weighted by atomic mass is 19.1. The molecule has 5 heteroatoms. The molecule has 0 unspecified atom stereocenters. The zero-order valence-corrected chi connectivity index (χ0v) is 16.0. The van der Waals surface area contributed by atoms with Crippen LogP contribution in [0, 0.1) is 5.82 Å². The molecule has 1 heterocycles. The molecule has 0 atom stereocenters. The summed E-state index contributed by atoms with van der Waals surface area (Å²) < 4.78 is 19.4. The molecule has 2 aromatic carbocycles. The lowest BCUT2D eigenvalue weighted by atomic mass is 10.1. The van der Waals surface area contributed by atoms with Crippen LogP contribution in [0.15, 0.2) is 71.2 Å². The monoisotopic (exact) mass is 379 g/mol. The molecule has 0 aliphatic carbocycles. The van der Waals surface area contributed by atoms with Crippen LogP contribution in [0.25, 0.3) is 17.4 Å². The number of rotatable bonds is 7. The van der Waals surface area contributed by atoms with E-state index in [4.69, 9.17) is 4.42 Å². The van der Waals surface area contributed by atoms with Gasteiger partial charge in [0.15, 0.2) is 0 Å². The Morgan fingerprint density at radius 2 is 1.75 bits per heavy atom. The molecule has 0 aliphatic rings. The standard InChI is InChI=1S/C23H23FN2O2/c1-26(2)16-18-8-4-3-7-17(18)15-25-23(27)14-12-19-11-13-22(28-19)20-9-5-6-10-21(20)24/h3-14H,15-16H2,1-2H3,(H,25,27)/p+1/b14-12+. The summed E-state index contributed by atoms with van der Waals surface area (Å²) in [5.41, 5.74) is 2.71. The van der Waals surface area contributed by atoms with E-state index in [2.05, 4.69) is 25.5 Å². The van der Waals surface area contributed by atoms with Gasteiger partial charge in [-0.3, -0.25) is 4.79 Å².